The molecule has 76 valence electrons. The van der Waals surface area contributed by atoms with Gasteiger partial charge in [0.2, 0.25) is 0 Å². The lowest BCUT2D eigenvalue weighted by Crippen LogP contribution is -2.42. The van der Waals surface area contributed by atoms with Crippen molar-refractivity contribution in [3.05, 3.63) is 0 Å². The minimum absolute atomic E-state index is 0.0490. The standard InChI is InChI=1S/C9H18N2O2/c1-2-10(7-8-12)9(13)11-5-3-4-6-11/h12H,2-8H2,1H3. The van der Waals surface area contributed by atoms with Gasteiger partial charge in [-0.2, -0.15) is 0 Å². The number of urea groups is 1. The zero-order valence-corrected chi connectivity index (χ0v) is 8.20. The molecule has 1 saturated heterocycles. The van der Waals surface area contributed by atoms with Crippen LogP contribution in [0.4, 0.5) is 4.79 Å². The minimum atomic E-state index is 0.0490. The van der Waals surface area contributed by atoms with Gasteiger partial charge in [0.15, 0.2) is 0 Å². The Kier molecular flexibility index (Phi) is 4.02. The Morgan fingerprint density at radius 2 is 2.08 bits per heavy atom. The predicted octanol–water partition coefficient (Wildman–Crippen LogP) is 0.516. The highest BCUT2D eigenvalue weighted by molar-refractivity contribution is 5.74. The first-order valence-corrected chi connectivity index (χ1v) is 4.94. The van der Waals surface area contributed by atoms with Crippen LogP contribution in [0.1, 0.15) is 19.8 Å². The molecule has 0 unspecified atom stereocenters. The van der Waals surface area contributed by atoms with Crippen molar-refractivity contribution in [1.29, 1.82) is 0 Å². The molecule has 1 N–H and O–H groups in total. The van der Waals surface area contributed by atoms with Crippen LogP contribution in [0.5, 0.6) is 0 Å². The zero-order valence-electron chi connectivity index (χ0n) is 8.20. The van der Waals surface area contributed by atoms with Gasteiger partial charge in [-0.3, -0.25) is 0 Å². The molecular weight excluding hydrogens is 168 g/mol. The third-order valence-corrected chi connectivity index (χ3v) is 2.40. The maximum absolute atomic E-state index is 11.7. The number of amides is 2. The normalized spacial score (nSPS) is 16.3. The van der Waals surface area contributed by atoms with E-state index >= 15 is 0 Å². The molecule has 1 rings (SSSR count). The van der Waals surface area contributed by atoms with E-state index < -0.39 is 0 Å². The summed E-state index contributed by atoms with van der Waals surface area (Å²) >= 11 is 0. The van der Waals surface area contributed by atoms with Crippen LogP contribution in [0.15, 0.2) is 0 Å². The Balaban J connectivity index is 2.42. The Morgan fingerprint density at radius 1 is 1.46 bits per heavy atom. The van der Waals surface area contributed by atoms with Gasteiger partial charge in [0.1, 0.15) is 0 Å². The molecule has 1 fully saturated rings. The first kappa shape index (κ1) is 10.3. The van der Waals surface area contributed by atoms with E-state index in [1.807, 2.05) is 11.8 Å². The van der Waals surface area contributed by atoms with Crippen LogP contribution >= 0.6 is 0 Å². The highest BCUT2D eigenvalue weighted by Gasteiger charge is 2.21. The minimum Gasteiger partial charge on any atom is -0.395 e. The molecule has 0 aromatic carbocycles. The van der Waals surface area contributed by atoms with E-state index in [1.165, 1.54) is 0 Å². The Bertz CT molecular complexity index is 167. The molecule has 0 aliphatic carbocycles. The molecule has 1 aliphatic rings. The van der Waals surface area contributed by atoms with Crippen molar-refractivity contribution in [3.8, 4) is 0 Å². The van der Waals surface area contributed by atoms with Gasteiger partial charge < -0.3 is 14.9 Å². The van der Waals surface area contributed by atoms with Crippen LogP contribution in [0.25, 0.3) is 0 Å². The number of hydrogen-bond acceptors (Lipinski definition) is 2. The van der Waals surface area contributed by atoms with Crippen LogP contribution in [0.3, 0.4) is 0 Å². The van der Waals surface area contributed by atoms with E-state index in [0.29, 0.717) is 13.1 Å². The van der Waals surface area contributed by atoms with Gasteiger partial charge in [0.05, 0.1) is 6.61 Å². The molecule has 0 radical (unpaired) electrons. The average Bonchev–Trinajstić information content (AvgIpc) is 2.65. The Morgan fingerprint density at radius 3 is 2.54 bits per heavy atom. The number of rotatable bonds is 3. The highest BCUT2D eigenvalue weighted by atomic mass is 16.3. The summed E-state index contributed by atoms with van der Waals surface area (Å²) in [5, 5.41) is 8.75. The van der Waals surface area contributed by atoms with E-state index in [2.05, 4.69) is 0 Å². The number of hydrogen-bond donors (Lipinski definition) is 1. The fourth-order valence-electron chi connectivity index (χ4n) is 1.62. The molecule has 1 heterocycles. The van der Waals surface area contributed by atoms with Crippen LogP contribution in [0, 0.1) is 0 Å². The van der Waals surface area contributed by atoms with Crippen molar-refractivity contribution in [2.75, 3.05) is 32.8 Å². The summed E-state index contributed by atoms with van der Waals surface area (Å²) in [5.74, 6) is 0. The van der Waals surface area contributed by atoms with Crippen LogP contribution in [-0.4, -0.2) is 53.7 Å². The van der Waals surface area contributed by atoms with Gasteiger partial charge in [0.25, 0.3) is 0 Å². The number of nitrogens with zero attached hydrogens (tertiary/aromatic N) is 2. The summed E-state index contributed by atoms with van der Waals surface area (Å²) in [5.41, 5.74) is 0. The molecule has 0 saturated carbocycles. The summed E-state index contributed by atoms with van der Waals surface area (Å²) in [6, 6.07) is 0.0778. The summed E-state index contributed by atoms with van der Waals surface area (Å²) in [7, 11) is 0. The van der Waals surface area contributed by atoms with Gasteiger partial charge >= 0.3 is 6.03 Å². The third kappa shape index (κ3) is 2.59. The lowest BCUT2D eigenvalue weighted by Gasteiger charge is -2.25. The van der Waals surface area contributed by atoms with E-state index in [4.69, 9.17) is 5.11 Å². The topological polar surface area (TPSA) is 43.8 Å². The van der Waals surface area contributed by atoms with Crippen molar-refractivity contribution in [2.24, 2.45) is 0 Å². The van der Waals surface area contributed by atoms with E-state index in [-0.39, 0.29) is 12.6 Å². The monoisotopic (exact) mass is 186 g/mol. The number of aliphatic hydroxyl groups excluding tert-OH is 1. The van der Waals surface area contributed by atoms with Crippen molar-refractivity contribution in [1.82, 2.24) is 9.80 Å². The van der Waals surface area contributed by atoms with Gasteiger partial charge in [0, 0.05) is 26.2 Å². The number of carbonyl (C=O) groups excluding carboxylic acids is 1. The summed E-state index contributed by atoms with van der Waals surface area (Å²) in [6.45, 7) is 4.86. The van der Waals surface area contributed by atoms with Gasteiger partial charge in [-0.15, -0.1) is 0 Å². The fourth-order valence-corrected chi connectivity index (χ4v) is 1.62. The second kappa shape index (κ2) is 5.07. The third-order valence-electron chi connectivity index (χ3n) is 2.40. The molecule has 0 bridgehead atoms. The van der Waals surface area contributed by atoms with Crippen molar-refractivity contribution >= 4 is 6.03 Å². The first-order chi connectivity index (χ1) is 6.29. The van der Waals surface area contributed by atoms with Gasteiger partial charge in [-0.25, -0.2) is 4.79 Å². The summed E-state index contributed by atoms with van der Waals surface area (Å²) < 4.78 is 0. The molecule has 2 amide bonds. The van der Waals surface area contributed by atoms with Crippen molar-refractivity contribution < 1.29 is 9.90 Å². The SMILES string of the molecule is CCN(CCO)C(=O)N1CCCC1. The second-order valence-electron chi connectivity index (χ2n) is 3.28. The fraction of sp³-hybridized carbons (Fsp3) is 0.889. The highest BCUT2D eigenvalue weighted by Crippen LogP contribution is 2.10. The van der Waals surface area contributed by atoms with E-state index in [9.17, 15) is 4.79 Å². The number of aliphatic hydroxyl groups is 1. The largest absolute Gasteiger partial charge is 0.395 e. The smallest absolute Gasteiger partial charge is 0.320 e. The molecule has 0 aromatic rings. The molecule has 13 heavy (non-hydrogen) atoms. The quantitative estimate of drug-likeness (QED) is 0.698. The lowest BCUT2D eigenvalue weighted by molar-refractivity contribution is 0.150. The average molecular weight is 186 g/mol. The van der Waals surface area contributed by atoms with Crippen LogP contribution in [-0.2, 0) is 0 Å². The maximum atomic E-state index is 11.7. The molecule has 1 aliphatic heterocycles. The van der Waals surface area contributed by atoms with Gasteiger partial charge in [-0.1, -0.05) is 0 Å². The lowest BCUT2D eigenvalue weighted by atomic mass is 10.4. The molecular formula is C9H18N2O2. The van der Waals surface area contributed by atoms with Crippen molar-refractivity contribution in [3.63, 3.8) is 0 Å². The predicted molar refractivity (Wildman–Crippen MR) is 50.5 cm³/mol. The number of carbonyl (C=O) groups is 1. The summed E-state index contributed by atoms with van der Waals surface area (Å²) in [4.78, 5) is 15.3. The first-order valence-electron chi connectivity index (χ1n) is 4.94. The molecule has 0 spiro atoms. The van der Waals surface area contributed by atoms with E-state index in [1.54, 1.807) is 4.90 Å². The second-order valence-corrected chi connectivity index (χ2v) is 3.28. The maximum Gasteiger partial charge on any atom is 0.320 e. The Labute approximate surface area is 79.1 Å². The van der Waals surface area contributed by atoms with Gasteiger partial charge in [-0.05, 0) is 19.8 Å². The Hall–Kier alpha value is -0.770. The molecule has 4 nitrogen and oxygen atoms in total. The summed E-state index contributed by atoms with van der Waals surface area (Å²) in [6.07, 6.45) is 2.23. The molecule has 0 atom stereocenters. The number of likely N-dealkylation sites (tertiary alicyclic amines) is 1. The van der Waals surface area contributed by atoms with Crippen LogP contribution < -0.4 is 0 Å². The molecule has 4 heteroatoms. The van der Waals surface area contributed by atoms with Crippen LogP contribution in [0.2, 0.25) is 0 Å². The van der Waals surface area contributed by atoms with Crippen molar-refractivity contribution in [2.45, 2.75) is 19.8 Å². The zero-order chi connectivity index (χ0) is 9.68. The molecule has 0 aromatic heterocycles. The van der Waals surface area contributed by atoms with E-state index in [0.717, 1.165) is 25.9 Å². The number of likely N-dealkylation sites (N-methyl/N-ethyl adjacent to an activating group) is 1.